The third kappa shape index (κ3) is 4.66. The first-order valence-corrected chi connectivity index (χ1v) is 8.07. The highest BCUT2D eigenvalue weighted by Gasteiger charge is 2.11. The summed E-state index contributed by atoms with van der Waals surface area (Å²) in [6.45, 7) is 4.30. The van der Waals surface area contributed by atoms with Crippen LogP contribution in [-0.2, 0) is 0 Å². The van der Waals surface area contributed by atoms with Crippen LogP contribution in [0.15, 0.2) is 52.0 Å². The van der Waals surface area contributed by atoms with Crippen LogP contribution in [0, 0.1) is 0 Å². The van der Waals surface area contributed by atoms with Crippen molar-refractivity contribution in [2.24, 2.45) is 5.10 Å². The van der Waals surface area contributed by atoms with Crippen LogP contribution in [0.2, 0.25) is 0 Å². The van der Waals surface area contributed by atoms with Crippen molar-refractivity contribution in [1.29, 1.82) is 0 Å². The van der Waals surface area contributed by atoms with Crippen molar-refractivity contribution in [2.45, 2.75) is 19.8 Å². The van der Waals surface area contributed by atoms with E-state index in [2.05, 4.69) is 52.4 Å². The summed E-state index contributed by atoms with van der Waals surface area (Å²) in [5.74, 6) is 0.671. The van der Waals surface area contributed by atoms with E-state index in [1.54, 1.807) is 18.3 Å². The fraction of sp³-hybridized carbons (Fsp3) is 0.222. The van der Waals surface area contributed by atoms with Crippen molar-refractivity contribution in [3.63, 3.8) is 0 Å². The van der Waals surface area contributed by atoms with Gasteiger partial charge < -0.3 is 4.74 Å². The number of hydrogen-bond donors (Lipinski definition) is 1. The molecule has 120 valence electrons. The van der Waals surface area contributed by atoms with Gasteiger partial charge in [-0.3, -0.25) is 4.79 Å². The number of amides is 1. The van der Waals surface area contributed by atoms with E-state index in [1.165, 1.54) is 12.7 Å². The Bertz CT molecular complexity index is 709. The molecule has 0 aliphatic carbocycles. The predicted octanol–water partition coefficient (Wildman–Crippen LogP) is 4.35. The summed E-state index contributed by atoms with van der Waals surface area (Å²) in [5, 5.41) is 4.00. The lowest BCUT2D eigenvalue weighted by Gasteiger charge is -2.07. The Labute approximate surface area is 144 Å². The first kappa shape index (κ1) is 17.2. The molecule has 0 aliphatic heterocycles. The van der Waals surface area contributed by atoms with Gasteiger partial charge in [-0.25, -0.2) is 5.43 Å². The highest BCUT2D eigenvalue weighted by molar-refractivity contribution is 9.10. The standard InChI is InChI=1S/C18H19BrN2O2/c1-12(2)14-6-4-13(5-7-14)11-20-21-18(22)16-10-15(19)8-9-17(16)23-3/h4-12H,1-3H3,(H,21,22)/b20-11+. The van der Waals surface area contributed by atoms with Gasteiger partial charge >= 0.3 is 0 Å². The molecule has 0 atom stereocenters. The zero-order valence-electron chi connectivity index (χ0n) is 13.3. The van der Waals surface area contributed by atoms with Gasteiger partial charge in [0.2, 0.25) is 0 Å². The number of carbonyl (C=O) groups is 1. The van der Waals surface area contributed by atoms with Crippen LogP contribution in [0.1, 0.15) is 41.3 Å². The van der Waals surface area contributed by atoms with Crippen LogP contribution < -0.4 is 10.2 Å². The average Bonchev–Trinajstić information content (AvgIpc) is 2.55. The quantitative estimate of drug-likeness (QED) is 0.624. The van der Waals surface area contributed by atoms with Crippen molar-refractivity contribution >= 4 is 28.1 Å². The van der Waals surface area contributed by atoms with Gasteiger partial charge in [0.1, 0.15) is 5.75 Å². The Morgan fingerprint density at radius 2 is 1.91 bits per heavy atom. The van der Waals surface area contributed by atoms with Gasteiger partial charge in [-0.15, -0.1) is 0 Å². The number of hydrazone groups is 1. The first-order chi connectivity index (χ1) is 11.0. The number of nitrogens with one attached hydrogen (secondary N) is 1. The minimum absolute atomic E-state index is 0.321. The summed E-state index contributed by atoms with van der Waals surface area (Å²) in [4.78, 5) is 12.2. The van der Waals surface area contributed by atoms with Crippen molar-refractivity contribution in [2.75, 3.05) is 7.11 Å². The molecule has 0 saturated carbocycles. The van der Waals surface area contributed by atoms with Gasteiger partial charge in [0.15, 0.2) is 0 Å². The lowest BCUT2D eigenvalue weighted by molar-refractivity contribution is 0.0952. The Hall–Kier alpha value is -2.14. The first-order valence-electron chi connectivity index (χ1n) is 7.28. The van der Waals surface area contributed by atoms with Crippen LogP contribution >= 0.6 is 15.9 Å². The molecule has 2 aromatic rings. The Balaban J connectivity index is 2.05. The molecule has 0 spiro atoms. The van der Waals surface area contributed by atoms with Crippen molar-refractivity contribution in [1.82, 2.24) is 5.43 Å². The van der Waals surface area contributed by atoms with E-state index in [-0.39, 0.29) is 5.91 Å². The molecule has 0 aliphatic rings. The van der Waals surface area contributed by atoms with Crippen molar-refractivity contribution in [3.8, 4) is 5.75 Å². The molecule has 1 amide bonds. The smallest absolute Gasteiger partial charge is 0.275 e. The fourth-order valence-electron chi connectivity index (χ4n) is 2.05. The molecule has 4 nitrogen and oxygen atoms in total. The Morgan fingerprint density at radius 1 is 1.22 bits per heavy atom. The second kappa shape index (κ2) is 7.92. The minimum atomic E-state index is -0.321. The van der Waals surface area contributed by atoms with Gasteiger partial charge in [-0.05, 0) is 35.2 Å². The second-order valence-electron chi connectivity index (χ2n) is 5.37. The molecule has 0 aromatic heterocycles. The molecule has 23 heavy (non-hydrogen) atoms. The van der Waals surface area contributed by atoms with Crippen molar-refractivity contribution < 1.29 is 9.53 Å². The lowest BCUT2D eigenvalue weighted by atomic mass is 10.0. The maximum absolute atomic E-state index is 12.2. The normalized spacial score (nSPS) is 11.0. The summed E-state index contributed by atoms with van der Waals surface area (Å²) in [7, 11) is 1.53. The number of hydrogen-bond acceptors (Lipinski definition) is 3. The number of benzene rings is 2. The molecule has 2 aromatic carbocycles. The van der Waals surface area contributed by atoms with Crippen LogP contribution in [0.4, 0.5) is 0 Å². The van der Waals surface area contributed by atoms with Gasteiger partial charge in [-0.2, -0.15) is 5.10 Å². The van der Waals surface area contributed by atoms with Gasteiger partial charge in [0.25, 0.3) is 5.91 Å². The molecule has 0 radical (unpaired) electrons. The molecule has 0 heterocycles. The number of ether oxygens (including phenoxy) is 1. The predicted molar refractivity (Wildman–Crippen MR) is 96.3 cm³/mol. The van der Waals surface area contributed by atoms with E-state index in [9.17, 15) is 4.79 Å². The summed E-state index contributed by atoms with van der Waals surface area (Å²) < 4.78 is 5.99. The molecular formula is C18H19BrN2O2. The van der Waals surface area contributed by atoms with E-state index in [1.807, 2.05) is 18.2 Å². The summed E-state index contributed by atoms with van der Waals surface area (Å²) in [6, 6.07) is 13.3. The Kier molecular flexibility index (Phi) is 5.93. The molecule has 1 N–H and O–H groups in total. The molecule has 0 saturated heterocycles. The zero-order valence-corrected chi connectivity index (χ0v) is 14.9. The number of halogens is 1. The molecule has 2 rings (SSSR count). The summed E-state index contributed by atoms with van der Waals surface area (Å²) >= 11 is 3.34. The highest BCUT2D eigenvalue weighted by Crippen LogP contribution is 2.22. The SMILES string of the molecule is COc1ccc(Br)cc1C(=O)N/N=C/c1ccc(C(C)C)cc1. The van der Waals surface area contributed by atoms with Gasteiger partial charge in [0, 0.05) is 4.47 Å². The van der Waals surface area contributed by atoms with Crippen LogP contribution in [0.25, 0.3) is 0 Å². The second-order valence-corrected chi connectivity index (χ2v) is 6.28. The van der Waals surface area contributed by atoms with E-state index in [0.29, 0.717) is 17.2 Å². The lowest BCUT2D eigenvalue weighted by Crippen LogP contribution is -2.18. The minimum Gasteiger partial charge on any atom is -0.496 e. The number of carbonyl (C=O) groups excluding carboxylic acids is 1. The molecule has 5 heteroatoms. The maximum atomic E-state index is 12.2. The van der Waals surface area contributed by atoms with Gasteiger partial charge in [-0.1, -0.05) is 54.0 Å². The topological polar surface area (TPSA) is 50.7 Å². The van der Waals surface area contributed by atoms with E-state index in [0.717, 1.165) is 10.0 Å². The molecular weight excluding hydrogens is 356 g/mol. The van der Waals surface area contributed by atoms with E-state index >= 15 is 0 Å². The van der Waals surface area contributed by atoms with Crippen LogP contribution in [-0.4, -0.2) is 19.2 Å². The van der Waals surface area contributed by atoms with E-state index in [4.69, 9.17) is 4.74 Å². The highest BCUT2D eigenvalue weighted by atomic mass is 79.9. The summed E-state index contributed by atoms with van der Waals surface area (Å²) in [5.41, 5.74) is 5.14. The average molecular weight is 375 g/mol. The largest absolute Gasteiger partial charge is 0.496 e. The van der Waals surface area contributed by atoms with Crippen molar-refractivity contribution in [3.05, 3.63) is 63.6 Å². The number of methoxy groups -OCH3 is 1. The third-order valence-corrected chi connectivity index (χ3v) is 3.88. The van der Waals surface area contributed by atoms with E-state index < -0.39 is 0 Å². The third-order valence-electron chi connectivity index (χ3n) is 3.39. The number of rotatable bonds is 5. The van der Waals surface area contributed by atoms with Gasteiger partial charge in [0.05, 0.1) is 18.9 Å². The van der Waals surface area contributed by atoms with Crippen LogP contribution in [0.3, 0.4) is 0 Å². The van der Waals surface area contributed by atoms with Crippen LogP contribution in [0.5, 0.6) is 5.75 Å². The zero-order chi connectivity index (χ0) is 16.8. The maximum Gasteiger partial charge on any atom is 0.275 e. The molecule has 0 unspecified atom stereocenters. The fourth-order valence-corrected chi connectivity index (χ4v) is 2.41. The monoisotopic (exact) mass is 374 g/mol. The Morgan fingerprint density at radius 3 is 2.52 bits per heavy atom. The summed E-state index contributed by atoms with van der Waals surface area (Å²) in [6.07, 6.45) is 1.62. The number of nitrogens with zero attached hydrogens (tertiary/aromatic N) is 1. The molecule has 0 bridgehead atoms. The molecule has 0 fully saturated rings.